The number of carbonyl (C=O) groups is 1. The van der Waals surface area contributed by atoms with Crippen molar-refractivity contribution in [2.24, 2.45) is 0 Å². The summed E-state index contributed by atoms with van der Waals surface area (Å²) in [6.07, 6.45) is 1.73. The van der Waals surface area contributed by atoms with Gasteiger partial charge in [-0.1, -0.05) is 18.2 Å². The highest BCUT2D eigenvalue weighted by Crippen LogP contribution is 2.26. The number of nitrogens with zero attached hydrogens (tertiary/aromatic N) is 2. The van der Waals surface area contributed by atoms with Crippen molar-refractivity contribution in [3.8, 4) is 5.75 Å². The van der Waals surface area contributed by atoms with Crippen molar-refractivity contribution < 1.29 is 22.7 Å². The number of hydrogen-bond donors (Lipinski definition) is 2. The predicted molar refractivity (Wildman–Crippen MR) is 129 cm³/mol. The number of rotatable bonds is 8. The normalized spacial score (nSPS) is 13.9. The van der Waals surface area contributed by atoms with Crippen molar-refractivity contribution in [1.82, 2.24) is 10.3 Å². The van der Waals surface area contributed by atoms with Crippen molar-refractivity contribution >= 4 is 27.4 Å². The summed E-state index contributed by atoms with van der Waals surface area (Å²) in [5.41, 5.74) is 1.59. The Morgan fingerprint density at radius 2 is 1.79 bits per heavy atom. The fourth-order valence-corrected chi connectivity index (χ4v) is 4.69. The molecule has 1 amide bonds. The second-order valence-electron chi connectivity index (χ2n) is 7.60. The molecule has 2 N–H and O–H groups in total. The van der Waals surface area contributed by atoms with Crippen LogP contribution in [0.3, 0.4) is 0 Å². The molecule has 1 aliphatic heterocycles. The molecule has 2 heterocycles. The van der Waals surface area contributed by atoms with E-state index >= 15 is 0 Å². The lowest BCUT2D eigenvalue weighted by Gasteiger charge is -2.29. The van der Waals surface area contributed by atoms with Gasteiger partial charge in [0.15, 0.2) is 0 Å². The first-order chi connectivity index (χ1) is 16.5. The molecule has 1 fully saturated rings. The first-order valence-electron chi connectivity index (χ1n) is 10.8. The van der Waals surface area contributed by atoms with Gasteiger partial charge >= 0.3 is 0 Å². The van der Waals surface area contributed by atoms with Crippen LogP contribution in [0.5, 0.6) is 5.75 Å². The third-order valence-electron chi connectivity index (χ3n) is 5.40. The summed E-state index contributed by atoms with van der Waals surface area (Å²) in [5, 5.41) is 2.89. The van der Waals surface area contributed by atoms with Crippen LogP contribution in [0.4, 0.5) is 11.5 Å². The van der Waals surface area contributed by atoms with Gasteiger partial charge < -0.3 is 19.7 Å². The van der Waals surface area contributed by atoms with Crippen LogP contribution in [0.1, 0.15) is 15.9 Å². The van der Waals surface area contributed by atoms with Gasteiger partial charge in [0.05, 0.1) is 30.9 Å². The van der Waals surface area contributed by atoms with Gasteiger partial charge in [-0.05, 0) is 42.5 Å². The van der Waals surface area contributed by atoms with Crippen LogP contribution in [0.15, 0.2) is 71.8 Å². The molecule has 1 aromatic heterocycles. The number of benzene rings is 2. The number of sulfonamides is 1. The van der Waals surface area contributed by atoms with Crippen LogP contribution in [-0.4, -0.2) is 52.7 Å². The van der Waals surface area contributed by atoms with Gasteiger partial charge in [-0.2, -0.15) is 0 Å². The molecule has 0 atom stereocenters. The third-order valence-corrected chi connectivity index (χ3v) is 6.78. The number of anilines is 2. The summed E-state index contributed by atoms with van der Waals surface area (Å²) in [6.45, 7) is 3.08. The summed E-state index contributed by atoms with van der Waals surface area (Å²) in [7, 11) is -2.38. The standard InChI is InChI=1S/C24H26N4O5S/c1-32-22-7-3-2-6-21(22)27-34(30,31)20-10-8-18(9-11-20)24(29)26-17-19-5-4-12-25-23(19)28-13-15-33-16-14-28/h2-12,27H,13-17H2,1H3,(H,26,29). The number of aromatic nitrogens is 1. The lowest BCUT2D eigenvalue weighted by molar-refractivity contribution is 0.0950. The minimum Gasteiger partial charge on any atom is -0.495 e. The third kappa shape index (κ3) is 5.46. The van der Waals surface area contributed by atoms with Crippen LogP contribution in [0.2, 0.25) is 0 Å². The maximum atomic E-state index is 12.8. The molecule has 0 radical (unpaired) electrons. The molecule has 0 unspecified atom stereocenters. The van der Waals surface area contributed by atoms with Crippen LogP contribution in [0.25, 0.3) is 0 Å². The molecule has 10 heteroatoms. The van der Waals surface area contributed by atoms with E-state index in [1.54, 1.807) is 30.5 Å². The van der Waals surface area contributed by atoms with Crippen LogP contribution in [-0.2, 0) is 21.3 Å². The average molecular weight is 483 g/mol. The first-order valence-corrected chi connectivity index (χ1v) is 12.3. The van der Waals surface area contributed by atoms with Gasteiger partial charge in [0.1, 0.15) is 11.6 Å². The van der Waals surface area contributed by atoms with Crippen molar-refractivity contribution in [2.75, 3.05) is 43.0 Å². The number of methoxy groups -OCH3 is 1. The van der Waals surface area contributed by atoms with Gasteiger partial charge in [-0.15, -0.1) is 0 Å². The monoisotopic (exact) mass is 482 g/mol. The van der Waals surface area contributed by atoms with E-state index < -0.39 is 10.0 Å². The molecule has 0 saturated carbocycles. The zero-order chi connectivity index (χ0) is 24.0. The van der Waals surface area contributed by atoms with Crippen LogP contribution < -0.4 is 19.7 Å². The molecule has 9 nitrogen and oxygen atoms in total. The van der Waals surface area contributed by atoms with Crippen LogP contribution in [0, 0.1) is 0 Å². The Morgan fingerprint density at radius 3 is 2.53 bits per heavy atom. The van der Waals surface area contributed by atoms with Gasteiger partial charge in [-0.25, -0.2) is 13.4 Å². The van der Waals surface area contributed by atoms with E-state index in [2.05, 4.69) is 19.9 Å². The quantitative estimate of drug-likeness (QED) is 0.508. The summed E-state index contributed by atoms with van der Waals surface area (Å²) < 4.78 is 38.6. The SMILES string of the molecule is COc1ccccc1NS(=O)(=O)c1ccc(C(=O)NCc2cccnc2N2CCOCC2)cc1. The van der Waals surface area contributed by atoms with Crippen LogP contribution >= 0.6 is 0 Å². The second-order valence-corrected chi connectivity index (χ2v) is 9.28. The summed E-state index contributed by atoms with van der Waals surface area (Å²) in [5.74, 6) is 0.933. The minimum absolute atomic E-state index is 0.0387. The van der Waals surface area contributed by atoms with E-state index in [0.29, 0.717) is 36.8 Å². The van der Waals surface area contributed by atoms with Crippen molar-refractivity contribution in [1.29, 1.82) is 0 Å². The van der Waals surface area contributed by atoms with E-state index in [-0.39, 0.29) is 10.8 Å². The number of hydrogen-bond acceptors (Lipinski definition) is 7. The topological polar surface area (TPSA) is 110 Å². The van der Waals surface area contributed by atoms with E-state index in [1.807, 2.05) is 12.1 Å². The minimum atomic E-state index is -3.85. The molecule has 3 aromatic rings. The van der Waals surface area contributed by atoms with Gasteiger partial charge in [0.25, 0.3) is 15.9 Å². The molecule has 1 saturated heterocycles. The zero-order valence-corrected chi connectivity index (χ0v) is 19.5. The second kappa shape index (κ2) is 10.5. The van der Waals surface area contributed by atoms with Gasteiger partial charge in [0, 0.05) is 37.0 Å². The Labute approximate surface area is 198 Å². The van der Waals surface area contributed by atoms with E-state index in [9.17, 15) is 13.2 Å². The highest BCUT2D eigenvalue weighted by molar-refractivity contribution is 7.92. The van der Waals surface area contributed by atoms with Crippen molar-refractivity contribution in [3.05, 3.63) is 78.0 Å². The fourth-order valence-electron chi connectivity index (χ4n) is 3.62. The molecule has 4 rings (SSSR count). The first kappa shape index (κ1) is 23.5. The molecule has 0 spiro atoms. The summed E-state index contributed by atoms with van der Waals surface area (Å²) in [4.78, 5) is 19.3. The fraction of sp³-hybridized carbons (Fsp3) is 0.250. The number of nitrogens with one attached hydrogen (secondary N) is 2. The number of morpholine rings is 1. The highest BCUT2D eigenvalue weighted by atomic mass is 32.2. The lowest BCUT2D eigenvalue weighted by Crippen LogP contribution is -2.37. The predicted octanol–water partition coefficient (Wildman–Crippen LogP) is 2.66. The van der Waals surface area contributed by atoms with E-state index in [4.69, 9.17) is 9.47 Å². The number of amides is 1. The highest BCUT2D eigenvalue weighted by Gasteiger charge is 2.18. The Morgan fingerprint density at radius 1 is 1.06 bits per heavy atom. The Hall–Kier alpha value is -3.63. The maximum Gasteiger partial charge on any atom is 0.262 e. The van der Waals surface area contributed by atoms with Gasteiger partial charge in [0.2, 0.25) is 0 Å². The number of para-hydroxylation sites is 2. The lowest BCUT2D eigenvalue weighted by atomic mass is 10.2. The zero-order valence-electron chi connectivity index (χ0n) is 18.7. The molecular weight excluding hydrogens is 456 g/mol. The van der Waals surface area contributed by atoms with Crippen molar-refractivity contribution in [2.45, 2.75) is 11.4 Å². The molecule has 34 heavy (non-hydrogen) atoms. The molecule has 1 aliphatic rings. The molecule has 0 bridgehead atoms. The van der Waals surface area contributed by atoms with Crippen molar-refractivity contribution in [3.63, 3.8) is 0 Å². The molecule has 178 valence electrons. The Balaban J connectivity index is 1.42. The largest absolute Gasteiger partial charge is 0.495 e. The van der Waals surface area contributed by atoms with E-state index in [1.165, 1.54) is 31.4 Å². The Bertz CT molecular complexity index is 1240. The smallest absolute Gasteiger partial charge is 0.262 e. The molecule has 0 aliphatic carbocycles. The summed E-state index contributed by atoms with van der Waals surface area (Å²) in [6, 6.07) is 16.3. The number of ether oxygens (including phenoxy) is 2. The molecular formula is C24H26N4O5S. The van der Waals surface area contributed by atoms with E-state index in [0.717, 1.165) is 24.5 Å². The summed E-state index contributed by atoms with van der Waals surface area (Å²) >= 11 is 0. The number of pyridine rings is 1. The number of carbonyl (C=O) groups excluding carboxylic acids is 1. The molecule has 2 aromatic carbocycles. The Kier molecular flexibility index (Phi) is 7.29. The maximum absolute atomic E-state index is 12.8. The van der Waals surface area contributed by atoms with Gasteiger partial charge in [-0.3, -0.25) is 9.52 Å². The average Bonchev–Trinajstić information content (AvgIpc) is 2.88.